The Hall–Kier alpha value is -3.08. The summed E-state index contributed by atoms with van der Waals surface area (Å²) in [7, 11) is 3.25. The molecule has 2 aromatic carbocycles. The van der Waals surface area contributed by atoms with Crippen LogP contribution < -0.4 is 9.47 Å². The minimum Gasteiger partial charge on any atom is -0.497 e. The predicted molar refractivity (Wildman–Crippen MR) is 99.5 cm³/mol. The van der Waals surface area contributed by atoms with E-state index in [0.29, 0.717) is 17.9 Å². The zero-order chi connectivity index (χ0) is 18.5. The SMILES string of the molecule is CCC(=O)Cc1onc(-c2ccc(OC)cc2)c1-c1ccc(OC)cc1. The fourth-order valence-corrected chi connectivity index (χ4v) is 2.75. The average Bonchev–Trinajstić information content (AvgIpc) is 3.11. The molecule has 0 bridgehead atoms. The van der Waals surface area contributed by atoms with Gasteiger partial charge in [0.05, 0.1) is 26.2 Å². The van der Waals surface area contributed by atoms with E-state index in [1.807, 2.05) is 55.5 Å². The molecule has 5 nitrogen and oxygen atoms in total. The van der Waals surface area contributed by atoms with Crippen molar-refractivity contribution in [2.75, 3.05) is 14.2 Å². The Morgan fingerprint density at radius 2 is 1.46 bits per heavy atom. The van der Waals surface area contributed by atoms with Crippen LogP contribution in [0.1, 0.15) is 19.1 Å². The highest BCUT2D eigenvalue weighted by atomic mass is 16.5. The van der Waals surface area contributed by atoms with Gasteiger partial charge in [0.2, 0.25) is 0 Å². The maximum Gasteiger partial charge on any atom is 0.152 e. The molecule has 0 fully saturated rings. The zero-order valence-corrected chi connectivity index (χ0v) is 15.1. The molecule has 0 radical (unpaired) electrons. The normalized spacial score (nSPS) is 10.6. The molecule has 26 heavy (non-hydrogen) atoms. The minimum absolute atomic E-state index is 0.109. The number of ether oxygens (including phenoxy) is 2. The number of carbonyl (C=O) groups is 1. The van der Waals surface area contributed by atoms with Crippen LogP contribution in [0.3, 0.4) is 0 Å². The van der Waals surface area contributed by atoms with E-state index >= 15 is 0 Å². The van der Waals surface area contributed by atoms with Crippen molar-refractivity contribution in [3.05, 3.63) is 54.3 Å². The molecular weight excluding hydrogens is 330 g/mol. The maximum absolute atomic E-state index is 12.0. The summed E-state index contributed by atoms with van der Waals surface area (Å²) in [6.07, 6.45) is 0.682. The van der Waals surface area contributed by atoms with Crippen molar-refractivity contribution in [3.8, 4) is 33.9 Å². The lowest BCUT2D eigenvalue weighted by atomic mass is 9.97. The first-order chi connectivity index (χ1) is 12.7. The van der Waals surface area contributed by atoms with Gasteiger partial charge in [-0.3, -0.25) is 4.79 Å². The molecule has 0 N–H and O–H groups in total. The molecule has 0 aliphatic heterocycles. The molecule has 0 amide bonds. The molecule has 0 aliphatic rings. The topological polar surface area (TPSA) is 61.6 Å². The first-order valence-electron chi connectivity index (χ1n) is 8.45. The first-order valence-corrected chi connectivity index (χ1v) is 8.45. The van der Waals surface area contributed by atoms with Gasteiger partial charge >= 0.3 is 0 Å². The van der Waals surface area contributed by atoms with Gasteiger partial charge in [0.25, 0.3) is 0 Å². The Balaban J connectivity index is 2.09. The third-order valence-corrected chi connectivity index (χ3v) is 4.26. The van der Waals surface area contributed by atoms with Gasteiger partial charge in [0, 0.05) is 12.0 Å². The van der Waals surface area contributed by atoms with E-state index < -0.39 is 0 Å². The number of carbonyl (C=O) groups excluding carboxylic acids is 1. The molecular formula is C21H21NO4. The van der Waals surface area contributed by atoms with Gasteiger partial charge in [0.15, 0.2) is 5.76 Å². The average molecular weight is 351 g/mol. The highest BCUT2D eigenvalue weighted by Gasteiger charge is 2.21. The molecule has 0 atom stereocenters. The molecule has 0 saturated heterocycles. The number of ketones is 1. The second-order valence-corrected chi connectivity index (χ2v) is 5.86. The second kappa shape index (κ2) is 7.87. The largest absolute Gasteiger partial charge is 0.497 e. The van der Waals surface area contributed by atoms with Gasteiger partial charge in [-0.1, -0.05) is 24.2 Å². The lowest BCUT2D eigenvalue weighted by Crippen LogP contribution is -2.00. The first kappa shape index (κ1) is 17.7. The highest BCUT2D eigenvalue weighted by molar-refractivity contribution is 5.87. The third-order valence-electron chi connectivity index (χ3n) is 4.26. The predicted octanol–water partition coefficient (Wildman–Crippen LogP) is 4.55. The summed E-state index contributed by atoms with van der Waals surface area (Å²) in [5, 5.41) is 4.25. The van der Waals surface area contributed by atoms with Gasteiger partial charge in [-0.05, 0) is 42.0 Å². The Labute approximate surface area is 152 Å². The fourth-order valence-electron chi connectivity index (χ4n) is 2.75. The van der Waals surface area contributed by atoms with E-state index in [1.165, 1.54) is 0 Å². The lowest BCUT2D eigenvalue weighted by molar-refractivity contribution is -0.118. The smallest absolute Gasteiger partial charge is 0.152 e. The summed E-state index contributed by atoms with van der Waals surface area (Å²) in [4.78, 5) is 12.0. The van der Waals surface area contributed by atoms with Crippen molar-refractivity contribution in [1.29, 1.82) is 0 Å². The molecule has 0 saturated carbocycles. The van der Waals surface area contributed by atoms with Crippen molar-refractivity contribution in [2.24, 2.45) is 0 Å². The molecule has 0 unspecified atom stereocenters. The summed E-state index contributed by atoms with van der Waals surface area (Å²) < 4.78 is 16.0. The molecule has 134 valence electrons. The van der Waals surface area contributed by atoms with Crippen LogP contribution in [0.15, 0.2) is 53.1 Å². The van der Waals surface area contributed by atoms with Crippen LogP contribution in [0.2, 0.25) is 0 Å². The number of methoxy groups -OCH3 is 2. The van der Waals surface area contributed by atoms with Crippen molar-refractivity contribution in [1.82, 2.24) is 5.16 Å². The van der Waals surface area contributed by atoms with Crippen LogP contribution in [-0.2, 0) is 11.2 Å². The van der Waals surface area contributed by atoms with E-state index in [1.54, 1.807) is 14.2 Å². The van der Waals surface area contributed by atoms with E-state index in [4.69, 9.17) is 14.0 Å². The summed E-state index contributed by atoms with van der Waals surface area (Å²) in [6.45, 7) is 1.84. The summed E-state index contributed by atoms with van der Waals surface area (Å²) in [6, 6.07) is 15.2. The van der Waals surface area contributed by atoms with Gasteiger partial charge < -0.3 is 14.0 Å². The number of aromatic nitrogens is 1. The summed E-state index contributed by atoms with van der Waals surface area (Å²) in [5.74, 6) is 2.22. The number of Topliss-reactive ketones (excluding diaryl/α,β-unsaturated/α-hetero) is 1. The van der Waals surface area contributed by atoms with Crippen LogP contribution >= 0.6 is 0 Å². The van der Waals surface area contributed by atoms with Gasteiger partial charge in [0.1, 0.15) is 23.0 Å². The van der Waals surface area contributed by atoms with Crippen molar-refractivity contribution in [3.63, 3.8) is 0 Å². The molecule has 3 rings (SSSR count). The Morgan fingerprint density at radius 3 is 1.96 bits per heavy atom. The number of benzene rings is 2. The highest BCUT2D eigenvalue weighted by Crippen LogP contribution is 2.36. The van der Waals surface area contributed by atoms with Gasteiger partial charge in [-0.15, -0.1) is 0 Å². The number of hydrogen-bond acceptors (Lipinski definition) is 5. The molecule has 0 aliphatic carbocycles. The molecule has 5 heteroatoms. The molecule has 1 aromatic heterocycles. The number of nitrogens with zero attached hydrogens (tertiary/aromatic N) is 1. The number of rotatable bonds is 7. The minimum atomic E-state index is 0.109. The van der Waals surface area contributed by atoms with E-state index in [2.05, 4.69) is 5.16 Å². The van der Waals surface area contributed by atoms with Crippen LogP contribution in [0.25, 0.3) is 22.4 Å². The van der Waals surface area contributed by atoms with Gasteiger partial charge in [-0.2, -0.15) is 0 Å². The van der Waals surface area contributed by atoms with E-state index in [9.17, 15) is 4.79 Å². The second-order valence-electron chi connectivity index (χ2n) is 5.86. The standard InChI is InChI=1S/C21H21NO4/c1-4-16(23)13-19-20(14-5-9-17(24-2)10-6-14)21(22-26-19)15-7-11-18(25-3)12-8-15/h5-12H,4,13H2,1-3H3. The maximum atomic E-state index is 12.0. The van der Waals surface area contributed by atoms with E-state index in [0.717, 1.165) is 28.2 Å². The van der Waals surface area contributed by atoms with Crippen LogP contribution in [0.4, 0.5) is 0 Å². The molecule has 3 aromatic rings. The monoisotopic (exact) mass is 351 g/mol. The quantitative estimate of drug-likeness (QED) is 0.625. The zero-order valence-electron chi connectivity index (χ0n) is 15.1. The van der Waals surface area contributed by atoms with Crippen LogP contribution in [0, 0.1) is 0 Å². The number of hydrogen-bond donors (Lipinski definition) is 0. The van der Waals surface area contributed by atoms with Crippen molar-refractivity contribution >= 4 is 5.78 Å². The van der Waals surface area contributed by atoms with Gasteiger partial charge in [-0.25, -0.2) is 0 Å². The summed E-state index contributed by atoms with van der Waals surface area (Å²) in [5.41, 5.74) is 3.36. The third kappa shape index (κ3) is 3.61. The molecule has 1 heterocycles. The van der Waals surface area contributed by atoms with Crippen LogP contribution in [-0.4, -0.2) is 25.2 Å². The van der Waals surface area contributed by atoms with Crippen LogP contribution in [0.5, 0.6) is 11.5 Å². The van der Waals surface area contributed by atoms with Crippen molar-refractivity contribution < 1.29 is 18.8 Å². The fraction of sp³-hybridized carbons (Fsp3) is 0.238. The summed E-state index contributed by atoms with van der Waals surface area (Å²) >= 11 is 0. The molecule has 0 spiro atoms. The van der Waals surface area contributed by atoms with Crippen molar-refractivity contribution in [2.45, 2.75) is 19.8 Å². The lowest BCUT2D eigenvalue weighted by Gasteiger charge is -2.07. The Morgan fingerprint density at radius 1 is 0.923 bits per heavy atom. The Kier molecular flexibility index (Phi) is 5.37. The van der Waals surface area contributed by atoms with E-state index in [-0.39, 0.29) is 12.2 Å². The Bertz CT molecular complexity index is 879.